The van der Waals surface area contributed by atoms with Crippen molar-refractivity contribution in [1.29, 1.82) is 5.26 Å². The van der Waals surface area contributed by atoms with Gasteiger partial charge >= 0.3 is 6.18 Å². The largest absolute Gasteiger partial charge is 0.424 e. The maximum Gasteiger partial charge on any atom is 0.424 e. The second kappa shape index (κ2) is 4.60. The molecule has 1 amide bonds. The number of hydrogen-bond acceptors (Lipinski definition) is 3. The second-order valence-electron chi connectivity index (χ2n) is 4.47. The lowest BCUT2D eigenvalue weighted by atomic mass is 9.87. The molecule has 1 atom stereocenters. The van der Waals surface area contributed by atoms with Crippen LogP contribution in [0.15, 0.2) is 11.6 Å². The van der Waals surface area contributed by atoms with Gasteiger partial charge in [-0.2, -0.15) is 18.4 Å². The van der Waals surface area contributed by atoms with Crippen molar-refractivity contribution in [1.82, 2.24) is 0 Å². The Morgan fingerprint density at radius 3 is 2.32 bits per heavy atom. The zero-order chi connectivity index (χ0) is 14.9. The first-order chi connectivity index (χ1) is 8.54. The van der Waals surface area contributed by atoms with E-state index in [1.165, 1.54) is 6.92 Å². The predicted octanol–water partition coefficient (Wildman–Crippen LogP) is 1.02. The minimum Gasteiger partial charge on any atom is -0.376 e. The van der Waals surface area contributed by atoms with E-state index < -0.39 is 28.7 Å². The fraction of sp³-hybridized carbons (Fsp3) is 0.500. The fourth-order valence-corrected chi connectivity index (χ4v) is 1.47. The SMILES string of the molecule is C[C@](O)(C#C/C(=C/C(N)=O)C(F)(F)F)C1(C#N)CC1. The lowest BCUT2D eigenvalue weighted by Crippen LogP contribution is -2.33. The Hall–Kier alpha value is -1.99. The topological polar surface area (TPSA) is 87.1 Å². The van der Waals surface area contributed by atoms with Gasteiger partial charge in [0, 0.05) is 6.08 Å². The minimum absolute atomic E-state index is 0.148. The van der Waals surface area contributed by atoms with Gasteiger partial charge in [0.2, 0.25) is 5.91 Å². The van der Waals surface area contributed by atoms with Crippen LogP contribution in [0.2, 0.25) is 0 Å². The summed E-state index contributed by atoms with van der Waals surface area (Å²) in [4.78, 5) is 10.5. The van der Waals surface area contributed by atoms with E-state index in [2.05, 4.69) is 5.73 Å². The number of nitrogens with zero attached hydrogens (tertiary/aromatic N) is 1. The Morgan fingerprint density at radius 1 is 1.47 bits per heavy atom. The van der Waals surface area contributed by atoms with Gasteiger partial charge in [-0.05, 0) is 19.8 Å². The average Bonchev–Trinajstić information content (AvgIpc) is 3.03. The third-order valence-corrected chi connectivity index (χ3v) is 2.93. The average molecular weight is 272 g/mol. The molecule has 19 heavy (non-hydrogen) atoms. The molecule has 1 fully saturated rings. The zero-order valence-corrected chi connectivity index (χ0v) is 10.0. The van der Waals surface area contributed by atoms with Gasteiger partial charge in [-0.15, -0.1) is 0 Å². The molecule has 0 spiro atoms. The second-order valence-corrected chi connectivity index (χ2v) is 4.47. The maximum atomic E-state index is 12.5. The van der Waals surface area contributed by atoms with Crippen molar-refractivity contribution in [2.45, 2.75) is 31.5 Å². The molecular formula is C12H11F3N2O2. The summed E-state index contributed by atoms with van der Waals surface area (Å²) in [6.45, 7) is 1.18. The molecule has 102 valence electrons. The number of primary amides is 1. The summed E-state index contributed by atoms with van der Waals surface area (Å²) < 4.78 is 37.6. The number of allylic oxidation sites excluding steroid dienone is 1. The van der Waals surface area contributed by atoms with Crippen LogP contribution in [0, 0.1) is 28.6 Å². The van der Waals surface area contributed by atoms with E-state index in [-0.39, 0.29) is 6.08 Å². The lowest BCUT2D eigenvalue weighted by Gasteiger charge is -2.21. The van der Waals surface area contributed by atoms with Crippen LogP contribution in [-0.4, -0.2) is 22.8 Å². The van der Waals surface area contributed by atoms with Gasteiger partial charge in [-0.25, -0.2) is 0 Å². The summed E-state index contributed by atoms with van der Waals surface area (Å²) in [6, 6.07) is 1.85. The smallest absolute Gasteiger partial charge is 0.376 e. The summed E-state index contributed by atoms with van der Waals surface area (Å²) in [7, 11) is 0. The maximum absolute atomic E-state index is 12.5. The molecule has 0 radical (unpaired) electrons. The van der Waals surface area contributed by atoms with E-state index in [1.807, 2.05) is 12.0 Å². The molecule has 1 rings (SSSR count). The van der Waals surface area contributed by atoms with Crippen LogP contribution in [0.5, 0.6) is 0 Å². The Morgan fingerprint density at radius 2 is 2.00 bits per heavy atom. The number of carbonyl (C=O) groups is 1. The van der Waals surface area contributed by atoms with Crippen molar-refractivity contribution < 1.29 is 23.1 Å². The van der Waals surface area contributed by atoms with Crippen LogP contribution < -0.4 is 5.73 Å². The van der Waals surface area contributed by atoms with Gasteiger partial charge < -0.3 is 10.8 Å². The summed E-state index contributed by atoms with van der Waals surface area (Å²) in [5.41, 5.74) is 0.199. The highest BCUT2D eigenvalue weighted by molar-refractivity contribution is 5.87. The van der Waals surface area contributed by atoms with E-state index in [9.17, 15) is 23.1 Å². The molecule has 0 bridgehead atoms. The van der Waals surface area contributed by atoms with Crippen LogP contribution in [0.4, 0.5) is 13.2 Å². The zero-order valence-electron chi connectivity index (χ0n) is 10.0. The Balaban J connectivity index is 3.10. The number of rotatable bonds is 2. The van der Waals surface area contributed by atoms with Crippen LogP contribution in [0.3, 0.4) is 0 Å². The third kappa shape index (κ3) is 3.27. The number of hydrogen-bond donors (Lipinski definition) is 2. The fourth-order valence-electron chi connectivity index (χ4n) is 1.47. The van der Waals surface area contributed by atoms with E-state index >= 15 is 0 Å². The first kappa shape index (κ1) is 15.1. The van der Waals surface area contributed by atoms with Crippen LogP contribution in [0.25, 0.3) is 0 Å². The summed E-state index contributed by atoms with van der Waals surface area (Å²) in [6.07, 6.45) is -3.96. The molecule has 1 saturated carbocycles. The molecule has 0 aliphatic heterocycles. The Labute approximate surface area is 107 Å². The number of carbonyl (C=O) groups excluding carboxylic acids is 1. The van der Waals surface area contributed by atoms with Crippen LogP contribution in [-0.2, 0) is 4.79 Å². The Bertz CT molecular complexity index is 526. The van der Waals surface area contributed by atoms with Crippen molar-refractivity contribution in [3.63, 3.8) is 0 Å². The number of nitriles is 1. The van der Waals surface area contributed by atoms with E-state index in [0.29, 0.717) is 12.8 Å². The molecule has 0 unspecified atom stereocenters. The molecule has 0 aromatic rings. The summed E-state index contributed by atoms with van der Waals surface area (Å²) in [5.74, 6) is 2.42. The molecule has 4 nitrogen and oxygen atoms in total. The van der Waals surface area contributed by atoms with Gasteiger partial charge in [0.15, 0.2) is 0 Å². The lowest BCUT2D eigenvalue weighted by molar-refractivity contribution is -0.115. The number of amides is 1. The molecule has 7 heteroatoms. The van der Waals surface area contributed by atoms with Gasteiger partial charge in [-0.1, -0.05) is 11.8 Å². The molecule has 3 N–H and O–H groups in total. The molecule has 1 aliphatic rings. The number of halogens is 3. The van der Waals surface area contributed by atoms with Gasteiger partial charge in [0.05, 0.1) is 11.5 Å². The van der Waals surface area contributed by atoms with E-state index in [1.54, 1.807) is 5.92 Å². The number of aliphatic hydroxyl groups is 1. The first-order valence-corrected chi connectivity index (χ1v) is 5.29. The molecular weight excluding hydrogens is 261 g/mol. The quantitative estimate of drug-likeness (QED) is 0.581. The molecule has 0 aromatic carbocycles. The number of nitrogens with two attached hydrogens (primary N) is 1. The van der Waals surface area contributed by atoms with Crippen molar-refractivity contribution >= 4 is 5.91 Å². The summed E-state index contributed by atoms with van der Waals surface area (Å²) >= 11 is 0. The van der Waals surface area contributed by atoms with Crippen molar-refractivity contribution in [3.05, 3.63) is 11.6 Å². The Kier molecular flexibility index (Phi) is 3.65. The van der Waals surface area contributed by atoms with E-state index in [0.717, 1.165) is 0 Å². The third-order valence-electron chi connectivity index (χ3n) is 2.93. The summed E-state index contributed by atoms with van der Waals surface area (Å²) in [5, 5.41) is 18.8. The van der Waals surface area contributed by atoms with Crippen molar-refractivity contribution in [2.24, 2.45) is 11.1 Å². The standard InChI is InChI=1S/C12H11F3N2O2/c1-10(19,11(7-16)4-5-11)3-2-8(6-9(17)18)12(13,14)15/h6,19H,4-5H2,1H3,(H2,17,18)/b8-6-/t10-/m0/s1. The monoisotopic (exact) mass is 272 g/mol. The minimum atomic E-state index is -4.85. The van der Waals surface area contributed by atoms with Crippen LogP contribution >= 0.6 is 0 Å². The van der Waals surface area contributed by atoms with Crippen molar-refractivity contribution in [3.8, 4) is 17.9 Å². The highest BCUT2D eigenvalue weighted by atomic mass is 19.4. The molecule has 0 saturated heterocycles. The number of alkyl halides is 3. The van der Waals surface area contributed by atoms with Gasteiger partial charge in [0.25, 0.3) is 0 Å². The molecule has 0 aromatic heterocycles. The van der Waals surface area contributed by atoms with Gasteiger partial charge in [0.1, 0.15) is 11.2 Å². The highest BCUT2D eigenvalue weighted by Crippen LogP contribution is 2.53. The predicted molar refractivity (Wildman–Crippen MR) is 59.0 cm³/mol. The molecule has 1 aliphatic carbocycles. The first-order valence-electron chi connectivity index (χ1n) is 5.29. The van der Waals surface area contributed by atoms with Crippen LogP contribution in [0.1, 0.15) is 19.8 Å². The normalized spacial score (nSPS) is 20.5. The van der Waals surface area contributed by atoms with Gasteiger partial charge in [-0.3, -0.25) is 4.79 Å². The van der Waals surface area contributed by atoms with E-state index in [4.69, 9.17) is 5.26 Å². The van der Waals surface area contributed by atoms with Crippen molar-refractivity contribution in [2.75, 3.05) is 0 Å². The molecule has 0 heterocycles. The highest BCUT2D eigenvalue weighted by Gasteiger charge is 2.56.